The molecular weight excluding hydrogens is 498 g/mol. The van der Waals surface area contributed by atoms with Crippen molar-refractivity contribution in [2.75, 3.05) is 0 Å². The van der Waals surface area contributed by atoms with Gasteiger partial charge in [0.1, 0.15) is 0 Å². The summed E-state index contributed by atoms with van der Waals surface area (Å²) < 4.78 is 2.27. The van der Waals surface area contributed by atoms with Crippen LogP contribution in [-0.2, 0) is 22.8 Å². The first kappa shape index (κ1) is 24.1. The summed E-state index contributed by atoms with van der Waals surface area (Å²) in [5.74, 6) is 0.351. The Kier molecular flexibility index (Phi) is 7.74. The number of halogens is 2. The third-order valence-electron chi connectivity index (χ3n) is 6.01. The second kappa shape index (κ2) is 9.95. The molecule has 0 saturated heterocycles. The normalized spacial score (nSPS) is 17.9. The number of fused-ring (bicyclic) bond motifs is 3. The Balaban J connectivity index is 0.00000136. The summed E-state index contributed by atoms with van der Waals surface area (Å²) >= 11 is -0.693. The van der Waals surface area contributed by atoms with E-state index in [0.29, 0.717) is 9.54 Å². The van der Waals surface area contributed by atoms with Crippen molar-refractivity contribution in [2.45, 2.75) is 30.3 Å². The van der Waals surface area contributed by atoms with E-state index in [4.69, 9.17) is 0 Å². The number of allylic oxidation sites excluding steroid dienone is 4. The third-order valence-corrected chi connectivity index (χ3v) is 9.61. The van der Waals surface area contributed by atoms with Crippen LogP contribution in [0, 0.1) is 0 Å². The predicted octanol–water partition coefficient (Wildman–Crippen LogP) is 1.19. The van der Waals surface area contributed by atoms with E-state index in [1.165, 1.54) is 33.4 Å². The fraction of sp³-hybridized carbons (Fsp3) is 0.179. The molecule has 31 heavy (non-hydrogen) atoms. The fourth-order valence-electron chi connectivity index (χ4n) is 4.87. The van der Waals surface area contributed by atoms with Gasteiger partial charge in [0.25, 0.3) is 0 Å². The summed E-state index contributed by atoms with van der Waals surface area (Å²) in [6.45, 7) is 6.91. The Morgan fingerprint density at radius 1 is 0.742 bits per heavy atom. The predicted molar refractivity (Wildman–Crippen MR) is 121 cm³/mol. The minimum Gasteiger partial charge on any atom is -1.00 e. The standard InChI is InChI=1S/C25H19.C3H6.2ClH.Zr/c1-17-14-23(18-8-3-2-4-9-18)24(15-17)22-13-7-12-21-20-11-6-5-10-19(20)16-25(21)22;1-3-2;;;/h2-16,23H,1H3;1-2H3;2*1H;/q;;;;+2/p-2. The van der Waals surface area contributed by atoms with Gasteiger partial charge in [-0.15, -0.1) is 0 Å². The zero-order chi connectivity index (χ0) is 20.0. The summed E-state index contributed by atoms with van der Waals surface area (Å²) in [6, 6.07) is 27.0. The van der Waals surface area contributed by atoms with Crippen molar-refractivity contribution in [2.24, 2.45) is 0 Å². The van der Waals surface area contributed by atoms with Gasteiger partial charge in [0, 0.05) is 0 Å². The van der Waals surface area contributed by atoms with Crippen molar-refractivity contribution >= 4 is 8.78 Å². The van der Waals surface area contributed by atoms with Gasteiger partial charge in [-0.25, -0.2) is 0 Å². The van der Waals surface area contributed by atoms with E-state index in [1.54, 1.807) is 14.3 Å². The van der Waals surface area contributed by atoms with Crippen LogP contribution in [0.1, 0.15) is 52.6 Å². The molecular formula is C28H25Cl2Zr. The van der Waals surface area contributed by atoms with E-state index >= 15 is 0 Å². The molecule has 2 aliphatic carbocycles. The molecule has 0 radical (unpaired) electrons. The van der Waals surface area contributed by atoms with Crippen molar-refractivity contribution in [3.05, 3.63) is 113 Å². The molecule has 0 N–H and O–H groups in total. The zero-order valence-corrected chi connectivity index (χ0v) is 22.0. The maximum atomic E-state index is 2.43. The Hall–Kier alpha value is -1.53. The second-order valence-corrected chi connectivity index (χ2v) is 12.9. The zero-order valence-electron chi connectivity index (χ0n) is 18.0. The van der Waals surface area contributed by atoms with Gasteiger partial charge in [0.2, 0.25) is 0 Å². The van der Waals surface area contributed by atoms with Gasteiger partial charge < -0.3 is 24.8 Å². The van der Waals surface area contributed by atoms with Crippen LogP contribution in [0.4, 0.5) is 0 Å². The average molecular weight is 524 g/mol. The molecule has 3 aromatic carbocycles. The van der Waals surface area contributed by atoms with Crippen LogP contribution in [-0.4, -0.2) is 3.21 Å². The van der Waals surface area contributed by atoms with E-state index in [1.807, 2.05) is 0 Å². The number of benzene rings is 3. The molecule has 3 aromatic rings. The van der Waals surface area contributed by atoms with E-state index < -0.39 is 22.8 Å². The number of hydrogen-bond donors (Lipinski definition) is 0. The van der Waals surface area contributed by atoms with Gasteiger partial charge in [-0.1, -0.05) is 0 Å². The molecule has 5 rings (SSSR count). The molecule has 3 heteroatoms. The third kappa shape index (κ3) is 4.38. The van der Waals surface area contributed by atoms with Gasteiger partial charge in [-0.05, 0) is 0 Å². The van der Waals surface area contributed by atoms with Crippen LogP contribution in [0.15, 0.2) is 90.5 Å². The molecule has 0 aliphatic heterocycles. The summed E-state index contributed by atoms with van der Waals surface area (Å²) in [4.78, 5) is 0. The topological polar surface area (TPSA) is 0 Å². The SMILES string of the molecule is CC1=CC(c2ccccc2)C(c2cccc3c2[CH]([Zr+2]=[C](C)C)c2ccccc2-3)=C1.[Cl-].[Cl-]. The first-order valence-corrected chi connectivity index (χ1v) is 13.0. The number of rotatable bonds is 3. The Labute approximate surface area is 209 Å². The summed E-state index contributed by atoms with van der Waals surface area (Å²) in [6.07, 6.45) is 4.85. The quantitative estimate of drug-likeness (QED) is 0.484. The minimum absolute atomic E-state index is 0. The van der Waals surface area contributed by atoms with Crippen molar-refractivity contribution < 1.29 is 47.6 Å². The molecule has 2 atom stereocenters. The van der Waals surface area contributed by atoms with Gasteiger partial charge in [0.05, 0.1) is 0 Å². The van der Waals surface area contributed by atoms with E-state index in [9.17, 15) is 0 Å². The Bertz CT molecular complexity index is 1180. The first-order chi connectivity index (χ1) is 14.1. The second-order valence-electron chi connectivity index (χ2n) is 8.33. The molecule has 155 valence electrons. The van der Waals surface area contributed by atoms with Crippen LogP contribution in [0.3, 0.4) is 0 Å². The molecule has 0 nitrogen and oxygen atoms in total. The molecule has 0 amide bonds. The number of hydrogen-bond acceptors (Lipinski definition) is 0. The molecule has 0 bridgehead atoms. The maximum Gasteiger partial charge on any atom is -1.00 e. The Morgan fingerprint density at radius 2 is 1.39 bits per heavy atom. The molecule has 0 aromatic heterocycles. The summed E-state index contributed by atoms with van der Waals surface area (Å²) in [7, 11) is 0. The van der Waals surface area contributed by atoms with Gasteiger partial charge >= 0.3 is 186 Å². The first-order valence-electron chi connectivity index (χ1n) is 10.4. The average Bonchev–Trinajstić information content (AvgIpc) is 3.27. The molecule has 2 aliphatic rings. The monoisotopic (exact) mass is 521 g/mol. The Morgan fingerprint density at radius 3 is 2.13 bits per heavy atom. The van der Waals surface area contributed by atoms with Crippen molar-refractivity contribution in [3.63, 3.8) is 0 Å². The van der Waals surface area contributed by atoms with Gasteiger partial charge in [-0.3, -0.25) is 0 Å². The molecule has 0 saturated carbocycles. The summed E-state index contributed by atoms with van der Waals surface area (Å²) in [5.41, 5.74) is 11.8. The fourth-order valence-corrected chi connectivity index (χ4v) is 8.41. The van der Waals surface area contributed by atoms with Crippen LogP contribution in [0.2, 0.25) is 0 Å². The van der Waals surface area contributed by atoms with Gasteiger partial charge in [-0.2, -0.15) is 0 Å². The summed E-state index contributed by atoms with van der Waals surface area (Å²) in [5, 5.41) is 0. The van der Waals surface area contributed by atoms with E-state index in [0.717, 1.165) is 0 Å². The molecule has 0 fully saturated rings. The van der Waals surface area contributed by atoms with Crippen molar-refractivity contribution in [1.82, 2.24) is 0 Å². The maximum absolute atomic E-state index is 2.43. The van der Waals surface area contributed by atoms with E-state index in [2.05, 4.69) is 106 Å². The molecule has 0 spiro atoms. The minimum atomic E-state index is -0.693. The van der Waals surface area contributed by atoms with Crippen LogP contribution < -0.4 is 24.8 Å². The van der Waals surface area contributed by atoms with Crippen LogP contribution in [0.5, 0.6) is 0 Å². The van der Waals surface area contributed by atoms with Crippen molar-refractivity contribution in [3.8, 4) is 11.1 Å². The smallest absolute Gasteiger partial charge is 1.00 e. The van der Waals surface area contributed by atoms with Gasteiger partial charge in [0.15, 0.2) is 0 Å². The van der Waals surface area contributed by atoms with Crippen molar-refractivity contribution in [1.29, 1.82) is 0 Å². The van der Waals surface area contributed by atoms with E-state index in [-0.39, 0.29) is 24.8 Å². The van der Waals surface area contributed by atoms with Crippen LogP contribution >= 0.6 is 0 Å². The molecule has 0 heterocycles. The molecule has 2 unspecified atom stereocenters. The largest absolute Gasteiger partial charge is 1.00 e. The van der Waals surface area contributed by atoms with Crippen LogP contribution in [0.25, 0.3) is 16.7 Å².